The maximum absolute atomic E-state index is 13.7. The van der Waals surface area contributed by atoms with Crippen LogP contribution in [0.15, 0.2) is 0 Å². The molecule has 2 N–H and O–H groups in total. The SMILES string of the molecule is CCCCCCCCCCCCCCCCCC(=O)NC12CC3CC(C1)CC(C14CC5CC(CC(NC(=O)CCCCCCCCCCCCCCCCC)(C5)C1)C4)(C3)C2. The Morgan fingerprint density at radius 3 is 0.833 bits per heavy atom. The van der Waals surface area contributed by atoms with E-state index in [-0.39, 0.29) is 11.1 Å². The number of nitrogens with one attached hydrogen (secondary N) is 2. The van der Waals surface area contributed by atoms with Crippen molar-refractivity contribution in [3.05, 3.63) is 0 Å². The largest absolute Gasteiger partial charge is 0.351 e. The van der Waals surface area contributed by atoms with Crippen LogP contribution < -0.4 is 10.6 Å². The first-order valence-corrected chi connectivity index (χ1v) is 27.9. The van der Waals surface area contributed by atoms with Crippen molar-refractivity contribution in [1.82, 2.24) is 10.6 Å². The monoisotopic (exact) mass is 833 g/mol. The van der Waals surface area contributed by atoms with Gasteiger partial charge in [0.15, 0.2) is 0 Å². The molecule has 8 saturated carbocycles. The van der Waals surface area contributed by atoms with E-state index in [0.29, 0.717) is 22.6 Å². The second-order valence-corrected chi connectivity index (χ2v) is 23.5. The molecule has 0 heterocycles. The van der Waals surface area contributed by atoms with Gasteiger partial charge in [0.2, 0.25) is 11.8 Å². The molecular formula is C56H100N2O2. The summed E-state index contributed by atoms with van der Waals surface area (Å²) in [6.45, 7) is 4.60. The quantitative estimate of drug-likeness (QED) is 0.0625. The van der Waals surface area contributed by atoms with Crippen molar-refractivity contribution in [1.29, 1.82) is 0 Å². The third-order valence-corrected chi connectivity index (χ3v) is 18.1. The Balaban J connectivity index is 0.868. The molecule has 0 saturated heterocycles. The molecular weight excluding hydrogens is 733 g/mol. The van der Waals surface area contributed by atoms with Crippen molar-refractivity contribution >= 4 is 11.8 Å². The first-order chi connectivity index (χ1) is 29.3. The number of amides is 2. The van der Waals surface area contributed by atoms with Crippen LogP contribution in [-0.4, -0.2) is 22.9 Å². The zero-order chi connectivity index (χ0) is 42.0. The van der Waals surface area contributed by atoms with Crippen LogP contribution in [-0.2, 0) is 9.59 Å². The van der Waals surface area contributed by atoms with Crippen molar-refractivity contribution < 1.29 is 9.59 Å². The van der Waals surface area contributed by atoms with Crippen LogP contribution in [0.1, 0.15) is 296 Å². The zero-order valence-electron chi connectivity index (χ0n) is 40.2. The van der Waals surface area contributed by atoms with Crippen molar-refractivity contribution in [3.63, 3.8) is 0 Å². The molecule has 4 unspecified atom stereocenters. The summed E-state index contributed by atoms with van der Waals surface area (Å²) in [5.41, 5.74) is 0.843. The smallest absolute Gasteiger partial charge is 0.220 e. The molecule has 0 aromatic heterocycles. The van der Waals surface area contributed by atoms with Crippen molar-refractivity contribution in [3.8, 4) is 0 Å². The summed E-state index contributed by atoms with van der Waals surface area (Å²) in [5, 5.41) is 7.65. The number of hydrogen-bond acceptors (Lipinski definition) is 2. The van der Waals surface area contributed by atoms with Crippen LogP contribution in [0.3, 0.4) is 0 Å². The van der Waals surface area contributed by atoms with Gasteiger partial charge < -0.3 is 10.6 Å². The molecule has 0 spiro atoms. The summed E-state index contributed by atoms with van der Waals surface area (Å²) >= 11 is 0. The van der Waals surface area contributed by atoms with Gasteiger partial charge in [-0.05, 0) is 124 Å². The molecule has 0 radical (unpaired) electrons. The fourth-order valence-electron chi connectivity index (χ4n) is 16.1. The number of carbonyl (C=O) groups excluding carboxylic acids is 2. The number of unbranched alkanes of at least 4 members (excludes halogenated alkanes) is 28. The molecule has 0 aliphatic heterocycles. The van der Waals surface area contributed by atoms with Gasteiger partial charge in [-0.25, -0.2) is 0 Å². The molecule has 346 valence electrons. The van der Waals surface area contributed by atoms with Gasteiger partial charge in [0.05, 0.1) is 0 Å². The Morgan fingerprint density at radius 2 is 0.583 bits per heavy atom. The van der Waals surface area contributed by atoms with Crippen molar-refractivity contribution in [2.24, 2.45) is 34.5 Å². The van der Waals surface area contributed by atoms with Crippen LogP contribution in [0.5, 0.6) is 0 Å². The second-order valence-electron chi connectivity index (χ2n) is 23.5. The highest BCUT2D eigenvalue weighted by molar-refractivity contribution is 5.77. The highest BCUT2D eigenvalue weighted by Gasteiger charge is 2.70. The average Bonchev–Trinajstić information content (AvgIpc) is 3.19. The van der Waals surface area contributed by atoms with Gasteiger partial charge in [-0.15, -0.1) is 0 Å². The number of carbonyl (C=O) groups is 2. The Hall–Kier alpha value is -1.06. The van der Waals surface area contributed by atoms with Gasteiger partial charge in [0.25, 0.3) is 0 Å². The molecule has 8 bridgehead atoms. The molecule has 0 aromatic rings. The predicted octanol–water partition coefficient (Wildman–Crippen LogP) is 16.4. The Labute approximate surface area is 372 Å². The van der Waals surface area contributed by atoms with E-state index in [2.05, 4.69) is 24.5 Å². The van der Waals surface area contributed by atoms with Gasteiger partial charge in [0.1, 0.15) is 0 Å². The highest BCUT2D eigenvalue weighted by atomic mass is 16.2. The third kappa shape index (κ3) is 14.2. The zero-order valence-corrected chi connectivity index (χ0v) is 40.2. The number of hydrogen-bond donors (Lipinski definition) is 2. The van der Waals surface area contributed by atoms with Gasteiger partial charge in [-0.1, -0.05) is 194 Å². The van der Waals surface area contributed by atoms with Crippen LogP contribution in [0.2, 0.25) is 0 Å². The van der Waals surface area contributed by atoms with Crippen LogP contribution in [0.4, 0.5) is 0 Å². The molecule has 8 rings (SSSR count). The molecule has 8 aliphatic rings. The van der Waals surface area contributed by atoms with E-state index in [1.165, 1.54) is 257 Å². The van der Waals surface area contributed by atoms with Crippen LogP contribution in [0, 0.1) is 34.5 Å². The normalized spacial score (nSPS) is 32.2. The summed E-state index contributed by atoms with van der Waals surface area (Å²) in [6, 6.07) is 0. The third-order valence-electron chi connectivity index (χ3n) is 18.1. The Bertz CT molecular complexity index is 1120. The fourth-order valence-corrected chi connectivity index (χ4v) is 16.1. The van der Waals surface area contributed by atoms with E-state index in [0.717, 1.165) is 49.4 Å². The summed E-state index contributed by atoms with van der Waals surface area (Å²) in [5.74, 6) is 3.88. The summed E-state index contributed by atoms with van der Waals surface area (Å²) in [6.07, 6.45) is 58.3. The lowest BCUT2D eigenvalue weighted by atomic mass is 9.33. The van der Waals surface area contributed by atoms with Crippen LogP contribution in [0.25, 0.3) is 0 Å². The lowest BCUT2D eigenvalue weighted by molar-refractivity contribution is -0.216. The first kappa shape index (κ1) is 48.4. The van der Waals surface area contributed by atoms with E-state index in [9.17, 15) is 9.59 Å². The average molecular weight is 833 g/mol. The summed E-state index contributed by atoms with van der Waals surface area (Å²) in [7, 11) is 0. The van der Waals surface area contributed by atoms with Crippen LogP contribution >= 0.6 is 0 Å². The molecule has 4 atom stereocenters. The topological polar surface area (TPSA) is 58.2 Å². The lowest BCUT2D eigenvalue weighted by Crippen LogP contribution is -2.71. The predicted molar refractivity (Wildman–Crippen MR) is 255 cm³/mol. The van der Waals surface area contributed by atoms with E-state index in [1.54, 1.807) is 0 Å². The van der Waals surface area contributed by atoms with E-state index in [4.69, 9.17) is 0 Å². The minimum Gasteiger partial charge on any atom is -0.351 e. The van der Waals surface area contributed by atoms with Crippen molar-refractivity contribution in [2.75, 3.05) is 0 Å². The highest BCUT2D eigenvalue weighted by Crippen LogP contribution is 2.76. The first-order valence-electron chi connectivity index (χ1n) is 27.9. The molecule has 8 aliphatic carbocycles. The number of rotatable bonds is 35. The minimum atomic E-state index is 0.0456. The van der Waals surface area contributed by atoms with Gasteiger partial charge in [0, 0.05) is 23.9 Å². The van der Waals surface area contributed by atoms with E-state index in [1.807, 2.05) is 0 Å². The standard InChI is InChI=1S/C56H100N2O2/c1-3-5-7-9-11-13-15-17-19-21-23-25-27-29-31-33-51(59)57-55-41-47-35-48(42-55)38-53(37-47,45-55)54-39-49-36-50(40-54)44-56(43-49,46-54)58-52(60)34-32-30-28-26-24-22-20-18-16-14-12-10-8-6-4-2/h47-50H,3-46H2,1-2H3,(H,57,59)(H,58,60). The summed E-state index contributed by atoms with van der Waals surface area (Å²) < 4.78 is 0. The molecule has 4 heteroatoms. The molecule has 2 amide bonds. The van der Waals surface area contributed by atoms with Gasteiger partial charge in [-0.2, -0.15) is 0 Å². The Morgan fingerprint density at radius 1 is 0.350 bits per heavy atom. The maximum Gasteiger partial charge on any atom is 0.220 e. The van der Waals surface area contributed by atoms with E-state index < -0.39 is 0 Å². The molecule has 8 fully saturated rings. The minimum absolute atomic E-state index is 0.0456. The van der Waals surface area contributed by atoms with Crippen molar-refractivity contribution in [2.45, 2.75) is 307 Å². The molecule has 0 aromatic carbocycles. The second kappa shape index (κ2) is 24.9. The van der Waals surface area contributed by atoms with Gasteiger partial charge >= 0.3 is 0 Å². The maximum atomic E-state index is 13.7. The fraction of sp³-hybridized carbons (Fsp3) is 0.964. The van der Waals surface area contributed by atoms with Gasteiger partial charge in [-0.3, -0.25) is 9.59 Å². The lowest BCUT2D eigenvalue weighted by Gasteiger charge is -2.74. The molecule has 4 nitrogen and oxygen atoms in total. The summed E-state index contributed by atoms with van der Waals surface area (Å²) in [4.78, 5) is 27.4. The molecule has 60 heavy (non-hydrogen) atoms. The Kier molecular flexibility index (Phi) is 20.0. The van der Waals surface area contributed by atoms with E-state index >= 15 is 0 Å².